The van der Waals surface area contributed by atoms with E-state index in [1.165, 1.54) is 32.1 Å². The highest BCUT2D eigenvalue weighted by atomic mass is 16.5. The zero-order valence-electron chi connectivity index (χ0n) is 24.7. The fraction of sp³-hybridized carbons (Fsp3) is 0.875. The molecule has 9 atom stereocenters. The van der Waals surface area contributed by atoms with Gasteiger partial charge in [0, 0.05) is 18.4 Å². The van der Waals surface area contributed by atoms with E-state index in [1.807, 2.05) is 5.48 Å². The molecule has 0 aliphatic heterocycles. The van der Waals surface area contributed by atoms with Gasteiger partial charge < -0.3 is 5.32 Å². The minimum atomic E-state index is -0.508. The number of allylic oxidation sites excluding steroid dienone is 2. The first-order valence-corrected chi connectivity index (χ1v) is 15.0. The minimum absolute atomic E-state index is 0.0822. The second-order valence-electron chi connectivity index (χ2n) is 15.8. The third kappa shape index (κ3) is 3.57. The van der Waals surface area contributed by atoms with Crippen LogP contribution >= 0.6 is 0 Å². The summed E-state index contributed by atoms with van der Waals surface area (Å²) in [6.45, 7) is 18.8. The van der Waals surface area contributed by atoms with Crippen molar-refractivity contribution >= 4 is 11.8 Å². The molecule has 0 saturated heterocycles. The van der Waals surface area contributed by atoms with Crippen LogP contribution in [0.25, 0.3) is 0 Å². The predicted molar refractivity (Wildman–Crippen MR) is 147 cm³/mol. The minimum Gasteiger partial charge on any atom is -0.353 e. The number of nitrogens with one attached hydrogen (secondary N) is 2. The summed E-state index contributed by atoms with van der Waals surface area (Å²) >= 11 is 0. The van der Waals surface area contributed by atoms with Gasteiger partial charge in [-0.15, -0.1) is 0 Å². The predicted octanol–water partition coefficient (Wildman–Crippen LogP) is 6.80. The molecule has 0 spiro atoms. The average molecular weight is 513 g/mol. The lowest BCUT2D eigenvalue weighted by Gasteiger charge is -2.71. The Bertz CT molecular complexity index is 1020. The van der Waals surface area contributed by atoms with Crippen LogP contribution < -0.4 is 10.8 Å². The van der Waals surface area contributed by atoms with E-state index in [0.717, 1.165) is 32.1 Å². The van der Waals surface area contributed by atoms with Gasteiger partial charge in [0.15, 0.2) is 0 Å². The van der Waals surface area contributed by atoms with Gasteiger partial charge in [-0.05, 0) is 109 Å². The van der Waals surface area contributed by atoms with Crippen molar-refractivity contribution in [3.8, 4) is 0 Å². The van der Waals surface area contributed by atoms with Gasteiger partial charge in [0.1, 0.15) is 0 Å². The van der Waals surface area contributed by atoms with Crippen LogP contribution in [-0.2, 0) is 9.59 Å². The van der Waals surface area contributed by atoms with Gasteiger partial charge in [-0.3, -0.25) is 14.8 Å². The Kier molecular flexibility index (Phi) is 6.12. The normalized spacial score (nSPS) is 50.4. The monoisotopic (exact) mass is 512 g/mol. The lowest BCUT2D eigenvalue weighted by Crippen LogP contribution is -2.66. The highest BCUT2D eigenvalue weighted by Crippen LogP contribution is 2.75. The van der Waals surface area contributed by atoms with Crippen LogP contribution in [0.15, 0.2) is 11.6 Å². The Hall–Kier alpha value is -1.36. The van der Waals surface area contributed by atoms with Crippen LogP contribution in [0, 0.1) is 50.2 Å². The summed E-state index contributed by atoms with van der Waals surface area (Å²) in [4.78, 5) is 24.8. The smallest absolute Gasteiger partial charge is 0.249 e. The van der Waals surface area contributed by atoms with E-state index in [0.29, 0.717) is 17.8 Å². The van der Waals surface area contributed by atoms with Gasteiger partial charge >= 0.3 is 0 Å². The molecule has 0 aromatic rings. The molecule has 4 fully saturated rings. The number of rotatable bonds is 2. The molecule has 208 valence electrons. The molecule has 4 saturated carbocycles. The molecule has 2 amide bonds. The fourth-order valence-corrected chi connectivity index (χ4v) is 11.2. The lowest BCUT2D eigenvalue weighted by molar-refractivity contribution is -0.186. The molecular weight excluding hydrogens is 460 g/mol. The Morgan fingerprint density at radius 3 is 2.22 bits per heavy atom. The maximum absolute atomic E-state index is 12.7. The van der Waals surface area contributed by atoms with E-state index in [4.69, 9.17) is 0 Å². The topological polar surface area (TPSA) is 78.4 Å². The summed E-state index contributed by atoms with van der Waals surface area (Å²) in [5.74, 6) is 1.51. The molecule has 5 aliphatic rings. The zero-order valence-corrected chi connectivity index (χ0v) is 24.7. The van der Waals surface area contributed by atoms with E-state index in [-0.39, 0.29) is 44.9 Å². The summed E-state index contributed by atoms with van der Waals surface area (Å²) in [5, 5.41) is 12.8. The molecule has 0 heterocycles. The van der Waals surface area contributed by atoms with Crippen molar-refractivity contribution in [1.29, 1.82) is 0 Å². The van der Waals surface area contributed by atoms with Crippen LogP contribution in [0.4, 0.5) is 0 Å². The van der Waals surface area contributed by atoms with Crippen LogP contribution in [0.1, 0.15) is 120 Å². The third-order valence-corrected chi connectivity index (χ3v) is 13.9. The zero-order chi connectivity index (χ0) is 27.2. The van der Waals surface area contributed by atoms with Gasteiger partial charge in [-0.25, -0.2) is 5.48 Å². The summed E-state index contributed by atoms with van der Waals surface area (Å²) in [6.07, 6.45) is 13.7. The molecule has 5 heteroatoms. The second-order valence-corrected chi connectivity index (χ2v) is 15.8. The lowest BCUT2D eigenvalue weighted by atomic mass is 9.33. The van der Waals surface area contributed by atoms with Crippen LogP contribution in [0.2, 0.25) is 0 Å². The second kappa shape index (κ2) is 8.32. The Labute approximate surface area is 225 Å². The first-order valence-electron chi connectivity index (χ1n) is 15.0. The molecule has 3 N–H and O–H groups in total. The SMILES string of the molecule is CC(=O)N[C@H]1CC[C@@]2(C)C(CC[C@]3(C)[C@@H]2CC=C2[C@@H]4C[C@@](C)(C(=O)NO)CC[C@]4(C)CC[C@]23C)C1(C)C. The first kappa shape index (κ1) is 27.2. The molecule has 5 aliphatic carbocycles. The van der Waals surface area contributed by atoms with Gasteiger partial charge in [0.2, 0.25) is 11.8 Å². The number of hydroxylamine groups is 1. The van der Waals surface area contributed by atoms with Crippen molar-refractivity contribution < 1.29 is 14.8 Å². The van der Waals surface area contributed by atoms with E-state index in [1.54, 1.807) is 12.5 Å². The van der Waals surface area contributed by atoms with Crippen molar-refractivity contribution in [2.75, 3.05) is 0 Å². The van der Waals surface area contributed by atoms with E-state index in [2.05, 4.69) is 59.9 Å². The molecule has 0 bridgehead atoms. The molecule has 5 rings (SSSR count). The van der Waals surface area contributed by atoms with E-state index in [9.17, 15) is 14.8 Å². The van der Waals surface area contributed by atoms with E-state index < -0.39 is 5.41 Å². The molecule has 5 nitrogen and oxygen atoms in total. The molecule has 0 aromatic carbocycles. The molecular formula is C32H52N2O3. The van der Waals surface area contributed by atoms with Gasteiger partial charge in [-0.1, -0.05) is 60.1 Å². The van der Waals surface area contributed by atoms with Crippen molar-refractivity contribution in [3.05, 3.63) is 11.6 Å². The Morgan fingerprint density at radius 2 is 1.57 bits per heavy atom. The van der Waals surface area contributed by atoms with Crippen molar-refractivity contribution in [3.63, 3.8) is 0 Å². The van der Waals surface area contributed by atoms with Gasteiger partial charge in [0.25, 0.3) is 0 Å². The Morgan fingerprint density at radius 1 is 0.892 bits per heavy atom. The van der Waals surface area contributed by atoms with Crippen molar-refractivity contribution in [2.24, 2.45) is 50.2 Å². The average Bonchev–Trinajstić information content (AvgIpc) is 2.82. The Balaban J connectivity index is 1.52. The number of hydrogen-bond acceptors (Lipinski definition) is 3. The van der Waals surface area contributed by atoms with Crippen LogP contribution in [0.3, 0.4) is 0 Å². The quantitative estimate of drug-likeness (QED) is 0.216. The number of amides is 2. The van der Waals surface area contributed by atoms with E-state index >= 15 is 0 Å². The van der Waals surface area contributed by atoms with Crippen LogP contribution in [-0.4, -0.2) is 23.1 Å². The maximum Gasteiger partial charge on any atom is 0.249 e. The molecule has 37 heavy (non-hydrogen) atoms. The maximum atomic E-state index is 12.7. The summed E-state index contributed by atoms with van der Waals surface area (Å²) in [6, 6.07) is 0.255. The fourth-order valence-electron chi connectivity index (χ4n) is 11.2. The van der Waals surface area contributed by atoms with Gasteiger partial charge in [0.05, 0.1) is 0 Å². The number of hydrogen-bond donors (Lipinski definition) is 3. The summed E-state index contributed by atoms with van der Waals surface area (Å²) < 4.78 is 0. The van der Waals surface area contributed by atoms with Crippen molar-refractivity contribution in [1.82, 2.24) is 10.8 Å². The molecule has 0 aromatic heterocycles. The first-order chi connectivity index (χ1) is 17.1. The number of carbonyl (C=O) groups excluding carboxylic acids is 2. The molecule has 1 unspecified atom stereocenters. The van der Waals surface area contributed by atoms with Crippen LogP contribution in [0.5, 0.6) is 0 Å². The highest BCUT2D eigenvalue weighted by Gasteiger charge is 2.68. The van der Waals surface area contributed by atoms with Gasteiger partial charge in [-0.2, -0.15) is 0 Å². The number of carbonyl (C=O) groups is 2. The number of fused-ring (bicyclic) bond motifs is 7. The summed E-state index contributed by atoms with van der Waals surface area (Å²) in [7, 11) is 0. The largest absolute Gasteiger partial charge is 0.353 e. The summed E-state index contributed by atoms with van der Waals surface area (Å²) in [5.41, 5.74) is 4.06. The highest BCUT2D eigenvalue weighted by molar-refractivity contribution is 5.81. The molecule has 0 radical (unpaired) electrons. The standard InChI is InChI=1S/C32H52N2O3/c1-20(35)33-25-12-13-30(6)23(27(25,2)3)11-14-32(8)24(30)10-9-21-22-19-29(5,26(36)34-37)16-15-28(22,4)17-18-31(21,32)7/h9,22-25,37H,10-19H2,1-8H3,(H,33,35)(H,34,36)/t22-,23?,24+,25-,28+,29-,30-,31+,32+/m0/s1. The third-order valence-electron chi connectivity index (χ3n) is 13.9. The van der Waals surface area contributed by atoms with Crippen molar-refractivity contribution in [2.45, 2.75) is 126 Å².